The first kappa shape index (κ1) is 12.0. The van der Waals surface area contributed by atoms with E-state index >= 15 is 0 Å². The number of thiazole rings is 1. The molecule has 0 aliphatic heterocycles. The van der Waals surface area contributed by atoms with Crippen molar-refractivity contribution in [3.05, 3.63) is 16.1 Å². The maximum Gasteiger partial charge on any atom is 0.0897 e. The van der Waals surface area contributed by atoms with E-state index in [-0.39, 0.29) is 0 Å². The van der Waals surface area contributed by atoms with Crippen LogP contribution in [0.4, 0.5) is 0 Å². The van der Waals surface area contributed by atoms with Gasteiger partial charge in [-0.05, 0) is 19.8 Å². The molecular weight excluding hydrogens is 218 g/mol. The number of aryl methyl sites for hydroxylation is 1. The lowest BCUT2D eigenvalue weighted by Gasteiger charge is -2.11. The van der Waals surface area contributed by atoms with Gasteiger partial charge in [0.2, 0.25) is 0 Å². The van der Waals surface area contributed by atoms with Gasteiger partial charge >= 0.3 is 0 Å². The lowest BCUT2D eigenvalue weighted by molar-refractivity contribution is 0.509. The van der Waals surface area contributed by atoms with Gasteiger partial charge in [-0.15, -0.1) is 11.3 Å². The third-order valence-electron chi connectivity index (χ3n) is 3.06. The normalized spacial score (nSPS) is 17.1. The summed E-state index contributed by atoms with van der Waals surface area (Å²) in [5, 5.41) is 8.20. The standard InChI is InChI=1S/C12H21N3S/c1-10-15-9-12(16-10)8-13-6-7-14-11-4-2-3-5-11/h9,11,13-14H,2-8H2,1H3. The molecule has 0 atom stereocenters. The minimum atomic E-state index is 0.785. The fourth-order valence-corrected chi connectivity index (χ4v) is 2.96. The van der Waals surface area contributed by atoms with E-state index < -0.39 is 0 Å². The van der Waals surface area contributed by atoms with Gasteiger partial charge < -0.3 is 10.6 Å². The fraction of sp³-hybridized carbons (Fsp3) is 0.750. The highest BCUT2D eigenvalue weighted by molar-refractivity contribution is 7.11. The zero-order valence-electron chi connectivity index (χ0n) is 9.96. The van der Waals surface area contributed by atoms with E-state index in [1.807, 2.05) is 6.20 Å². The summed E-state index contributed by atoms with van der Waals surface area (Å²) in [6.07, 6.45) is 7.52. The number of hydrogen-bond acceptors (Lipinski definition) is 4. The van der Waals surface area contributed by atoms with Crippen molar-refractivity contribution in [1.29, 1.82) is 0 Å². The van der Waals surface area contributed by atoms with Crippen LogP contribution in [0.1, 0.15) is 35.6 Å². The molecule has 1 aromatic heterocycles. The van der Waals surface area contributed by atoms with Gasteiger partial charge in [-0.25, -0.2) is 4.98 Å². The molecule has 90 valence electrons. The summed E-state index contributed by atoms with van der Waals surface area (Å²) in [5.41, 5.74) is 0. The number of hydrogen-bond donors (Lipinski definition) is 2. The predicted octanol–water partition coefficient (Wildman–Crippen LogP) is 2.07. The second-order valence-corrected chi connectivity index (χ2v) is 5.78. The average molecular weight is 239 g/mol. The molecule has 16 heavy (non-hydrogen) atoms. The molecule has 1 heterocycles. The molecule has 1 aromatic rings. The molecule has 3 nitrogen and oxygen atoms in total. The summed E-state index contributed by atoms with van der Waals surface area (Å²) in [5.74, 6) is 0. The second kappa shape index (κ2) is 6.33. The molecule has 0 radical (unpaired) electrons. The molecule has 0 bridgehead atoms. The Labute approximate surface area is 102 Å². The highest BCUT2D eigenvalue weighted by Crippen LogP contribution is 2.17. The van der Waals surface area contributed by atoms with Crippen molar-refractivity contribution in [1.82, 2.24) is 15.6 Å². The van der Waals surface area contributed by atoms with Gasteiger partial charge in [-0.2, -0.15) is 0 Å². The van der Waals surface area contributed by atoms with Crippen LogP contribution in [0.2, 0.25) is 0 Å². The molecule has 0 aromatic carbocycles. The van der Waals surface area contributed by atoms with Crippen molar-refractivity contribution in [2.75, 3.05) is 13.1 Å². The Balaban J connectivity index is 1.51. The largest absolute Gasteiger partial charge is 0.313 e. The molecular formula is C12H21N3S. The predicted molar refractivity (Wildman–Crippen MR) is 68.8 cm³/mol. The number of nitrogens with one attached hydrogen (secondary N) is 2. The van der Waals surface area contributed by atoms with Crippen LogP contribution in [-0.4, -0.2) is 24.1 Å². The molecule has 0 saturated heterocycles. The van der Waals surface area contributed by atoms with Gasteiger partial charge in [-0.1, -0.05) is 12.8 Å². The van der Waals surface area contributed by atoms with Crippen molar-refractivity contribution >= 4 is 11.3 Å². The van der Waals surface area contributed by atoms with E-state index in [0.29, 0.717) is 0 Å². The van der Waals surface area contributed by atoms with Crippen LogP contribution in [0.5, 0.6) is 0 Å². The Morgan fingerprint density at radius 1 is 1.38 bits per heavy atom. The summed E-state index contributed by atoms with van der Waals surface area (Å²) < 4.78 is 0. The van der Waals surface area contributed by atoms with Gasteiger partial charge in [-0.3, -0.25) is 0 Å². The Bertz CT molecular complexity index is 305. The minimum absolute atomic E-state index is 0.785. The van der Waals surface area contributed by atoms with Gasteiger partial charge in [0, 0.05) is 36.8 Å². The molecule has 1 aliphatic rings. The van der Waals surface area contributed by atoms with Crippen LogP contribution >= 0.6 is 11.3 Å². The van der Waals surface area contributed by atoms with Gasteiger partial charge in [0.15, 0.2) is 0 Å². The highest BCUT2D eigenvalue weighted by atomic mass is 32.1. The average Bonchev–Trinajstić information content (AvgIpc) is 2.89. The van der Waals surface area contributed by atoms with Gasteiger partial charge in [0.25, 0.3) is 0 Å². The summed E-state index contributed by atoms with van der Waals surface area (Å²) >= 11 is 1.78. The molecule has 0 amide bonds. The van der Waals surface area contributed by atoms with Crippen LogP contribution in [0, 0.1) is 6.92 Å². The van der Waals surface area contributed by atoms with E-state index in [4.69, 9.17) is 0 Å². The Kier molecular flexibility index (Phi) is 4.75. The first-order valence-corrected chi connectivity index (χ1v) is 7.01. The lowest BCUT2D eigenvalue weighted by atomic mass is 10.2. The fourth-order valence-electron chi connectivity index (χ4n) is 2.19. The van der Waals surface area contributed by atoms with Crippen LogP contribution in [-0.2, 0) is 6.54 Å². The van der Waals surface area contributed by atoms with Crippen LogP contribution in [0.25, 0.3) is 0 Å². The molecule has 2 N–H and O–H groups in total. The Morgan fingerprint density at radius 2 is 2.19 bits per heavy atom. The first-order valence-electron chi connectivity index (χ1n) is 6.20. The molecule has 2 rings (SSSR count). The molecule has 1 fully saturated rings. The van der Waals surface area contributed by atoms with Crippen molar-refractivity contribution < 1.29 is 0 Å². The van der Waals surface area contributed by atoms with Gasteiger partial charge in [0.05, 0.1) is 5.01 Å². The molecule has 1 saturated carbocycles. The van der Waals surface area contributed by atoms with E-state index in [0.717, 1.165) is 30.7 Å². The molecule has 0 unspecified atom stereocenters. The van der Waals surface area contributed by atoms with Crippen LogP contribution in [0.15, 0.2) is 6.20 Å². The first-order chi connectivity index (χ1) is 7.84. The number of rotatable bonds is 6. The zero-order chi connectivity index (χ0) is 11.2. The topological polar surface area (TPSA) is 37.0 Å². The maximum absolute atomic E-state index is 4.24. The molecule has 4 heteroatoms. The summed E-state index contributed by atoms with van der Waals surface area (Å²) in [4.78, 5) is 5.57. The quantitative estimate of drug-likeness (QED) is 0.746. The third-order valence-corrected chi connectivity index (χ3v) is 3.97. The van der Waals surface area contributed by atoms with Crippen LogP contribution in [0.3, 0.4) is 0 Å². The summed E-state index contributed by atoms with van der Waals surface area (Å²) in [6, 6.07) is 0.785. The zero-order valence-corrected chi connectivity index (χ0v) is 10.8. The van der Waals surface area contributed by atoms with Crippen molar-refractivity contribution in [3.63, 3.8) is 0 Å². The Hall–Kier alpha value is -0.450. The van der Waals surface area contributed by atoms with Gasteiger partial charge in [0.1, 0.15) is 0 Å². The number of nitrogens with zero attached hydrogens (tertiary/aromatic N) is 1. The third kappa shape index (κ3) is 3.85. The number of aromatic nitrogens is 1. The van der Waals surface area contributed by atoms with Crippen molar-refractivity contribution in [2.45, 2.75) is 45.2 Å². The minimum Gasteiger partial charge on any atom is -0.313 e. The summed E-state index contributed by atoms with van der Waals surface area (Å²) in [7, 11) is 0. The highest BCUT2D eigenvalue weighted by Gasteiger charge is 2.12. The smallest absolute Gasteiger partial charge is 0.0897 e. The monoisotopic (exact) mass is 239 g/mol. The Morgan fingerprint density at radius 3 is 2.88 bits per heavy atom. The van der Waals surface area contributed by atoms with E-state index in [1.54, 1.807) is 11.3 Å². The lowest BCUT2D eigenvalue weighted by Crippen LogP contribution is -2.33. The van der Waals surface area contributed by atoms with E-state index in [9.17, 15) is 0 Å². The van der Waals surface area contributed by atoms with Crippen molar-refractivity contribution in [2.24, 2.45) is 0 Å². The van der Waals surface area contributed by atoms with E-state index in [2.05, 4.69) is 22.5 Å². The van der Waals surface area contributed by atoms with Crippen molar-refractivity contribution in [3.8, 4) is 0 Å². The summed E-state index contributed by atoms with van der Waals surface area (Å²) in [6.45, 7) is 5.14. The molecule has 1 aliphatic carbocycles. The molecule has 0 spiro atoms. The second-order valence-electron chi connectivity index (χ2n) is 4.46. The SMILES string of the molecule is Cc1ncc(CNCCNC2CCCC2)s1. The van der Waals surface area contributed by atoms with Crippen LogP contribution < -0.4 is 10.6 Å². The maximum atomic E-state index is 4.24. The van der Waals surface area contributed by atoms with E-state index in [1.165, 1.54) is 30.6 Å².